The number of fused-ring (bicyclic) bond motifs is 7. The molecule has 13 aromatic rings. The Hall–Kier alpha value is -11.5. The maximum Gasteiger partial charge on any atom is 0.252 e. The van der Waals surface area contributed by atoms with Crippen LogP contribution in [0.5, 0.6) is 0 Å². The Kier molecular flexibility index (Phi) is 18.3. The van der Waals surface area contributed by atoms with E-state index in [0.29, 0.717) is 5.92 Å². The lowest BCUT2D eigenvalue weighted by molar-refractivity contribution is 0.329. The van der Waals surface area contributed by atoms with E-state index in [2.05, 4.69) is 451 Å². The summed E-state index contributed by atoms with van der Waals surface area (Å²) in [6.07, 6.45) is 16.6. The summed E-state index contributed by atoms with van der Waals surface area (Å²) in [6.45, 7) is 49.6. The quantitative estimate of drug-likeness (QED) is 0.133. The summed E-state index contributed by atoms with van der Waals surface area (Å²) in [5, 5.41) is 2.53. The van der Waals surface area contributed by atoms with Crippen LogP contribution in [0.1, 0.15) is 185 Å². The zero-order valence-electron chi connectivity index (χ0n) is 74.6. The molecule has 0 N–H and O–H groups in total. The van der Waals surface area contributed by atoms with Crippen LogP contribution < -0.4 is 26.2 Å². The van der Waals surface area contributed by atoms with Gasteiger partial charge in [-0.1, -0.05) is 363 Å². The van der Waals surface area contributed by atoms with Gasteiger partial charge in [-0.2, -0.15) is 0 Å². The molecule has 3 atom stereocenters. The molecular formula is C116H116BN3. The number of rotatable bonds is 9. The first-order chi connectivity index (χ1) is 56.9. The van der Waals surface area contributed by atoms with Gasteiger partial charge in [-0.25, -0.2) is 0 Å². The lowest BCUT2D eigenvalue weighted by Crippen LogP contribution is -2.61. The average Bonchev–Trinajstić information content (AvgIpc) is 0.714. The first-order valence-corrected chi connectivity index (χ1v) is 44.1. The fourth-order valence-corrected chi connectivity index (χ4v) is 20.3. The molecule has 0 saturated heterocycles. The molecule has 6 aliphatic rings. The van der Waals surface area contributed by atoms with Crippen LogP contribution in [0.4, 0.5) is 34.1 Å². The average molecular weight is 1560 g/mol. The zero-order chi connectivity index (χ0) is 84.0. The van der Waals surface area contributed by atoms with Crippen molar-refractivity contribution in [3.05, 3.63) is 352 Å². The topological polar surface area (TPSA) is 11.4 Å². The van der Waals surface area contributed by atoms with Crippen molar-refractivity contribution in [2.75, 3.05) is 9.80 Å². The molecule has 3 nitrogen and oxygen atoms in total. The van der Waals surface area contributed by atoms with E-state index in [0.717, 1.165) is 62.8 Å². The van der Waals surface area contributed by atoms with Crippen molar-refractivity contribution in [2.24, 2.45) is 28.6 Å². The Balaban J connectivity index is 1.01. The van der Waals surface area contributed by atoms with Crippen LogP contribution in [0.15, 0.2) is 319 Å². The predicted octanol–water partition coefficient (Wildman–Crippen LogP) is 30.1. The molecule has 0 fully saturated rings. The minimum atomic E-state index is -0.275. The van der Waals surface area contributed by atoms with Crippen molar-refractivity contribution in [3.63, 3.8) is 0 Å². The Labute approximate surface area is 715 Å². The SMILES string of the molecule is CC(C)(C)C1=CC2=CC(c3ccc4c(c3)N(c3c(-c5ccccc5)cc(C(C)(C)C)cc3-c3ccccc3)c3cc(-c5ccc(C(C)(C)C)cc5)cc5c3B4c3ccc(-n4c6ccc(C(C)(C)C)cc6c6cc(C(C)(C)C)ccc64)cc3N5c3c(-c4ccccc4)cc(C(C)(C)C)cc3-c3ccccc3)=C3C=C(C(C)(C)C)CC4C=CC(=C1)C2C34. The van der Waals surface area contributed by atoms with Gasteiger partial charge in [0.1, 0.15) is 0 Å². The highest BCUT2D eigenvalue weighted by Crippen LogP contribution is 2.60. The van der Waals surface area contributed by atoms with E-state index < -0.39 is 0 Å². The van der Waals surface area contributed by atoms with Gasteiger partial charge >= 0.3 is 0 Å². The number of allylic oxidation sites excluding steroid dienone is 12. The largest absolute Gasteiger partial charge is 0.310 e. The molecular weight excluding hydrogens is 1450 g/mol. The Morgan fingerprint density at radius 2 is 0.733 bits per heavy atom. The van der Waals surface area contributed by atoms with Crippen LogP contribution in [-0.2, 0) is 27.1 Å². The van der Waals surface area contributed by atoms with E-state index in [1.54, 1.807) is 0 Å². The summed E-state index contributed by atoms with van der Waals surface area (Å²) in [6, 6.07) is 100. The summed E-state index contributed by atoms with van der Waals surface area (Å²) in [5.41, 5.74) is 41.3. The van der Waals surface area contributed by atoms with Crippen molar-refractivity contribution in [1.29, 1.82) is 0 Å². The summed E-state index contributed by atoms with van der Waals surface area (Å²) in [4.78, 5) is 5.58. The number of hydrogen-bond acceptors (Lipinski definition) is 2. The van der Waals surface area contributed by atoms with Gasteiger partial charge in [-0.15, -0.1) is 0 Å². The number of hydrogen-bond donors (Lipinski definition) is 0. The number of aromatic nitrogens is 1. The molecule has 19 rings (SSSR count). The second-order valence-corrected chi connectivity index (χ2v) is 42.6. The van der Waals surface area contributed by atoms with Crippen LogP contribution in [0.2, 0.25) is 0 Å². The first-order valence-electron chi connectivity index (χ1n) is 44.1. The summed E-state index contributed by atoms with van der Waals surface area (Å²) in [5.74, 6) is 0.905. The Bertz CT molecular complexity index is 6360. The van der Waals surface area contributed by atoms with Gasteiger partial charge in [-0.3, -0.25) is 0 Å². The number of anilines is 6. The Morgan fingerprint density at radius 1 is 0.317 bits per heavy atom. The van der Waals surface area contributed by atoms with Gasteiger partial charge in [0, 0.05) is 73.3 Å². The van der Waals surface area contributed by atoms with Crippen molar-refractivity contribution >= 4 is 84.6 Å². The molecule has 3 heterocycles. The standard InChI is InChI=1S/C116H116BN3/c1-110(2,3)81-47-44-71(45-48-81)79-61-103-107-104(62-79)120(109-92(74-38-30-24-31-39-74)67-87(116(19,20)21)68-93(109)75-40-32-25-33-41-75)102-70-88(118-99-54-49-82(111(4,5)6)63-94(99)95-64-83(112(7,8)9)50-55-100(95)118)51-53-98(102)117(107)97-52-46-76(89-59-80-58-84(113(10,11)12)56-77-42-43-78-57-85(114(13,14)15)69-96(89)106(78)105(77)80)60-101(97)119(103)108-90(72-34-26-22-27-35-72)65-86(115(16,17)18)66-91(108)73-36-28-23-29-37-73/h22-56,58-70,78,105-106H,57H2,1-21H3. The minimum Gasteiger partial charge on any atom is -0.310 e. The third-order valence-electron chi connectivity index (χ3n) is 27.3. The molecule has 120 heavy (non-hydrogen) atoms. The van der Waals surface area contributed by atoms with Gasteiger partial charge in [0.15, 0.2) is 0 Å². The Morgan fingerprint density at radius 3 is 1.17 bits per heavy atom. The van der Waals surface area contributed by atoms with Gasteiger partial charge in [0.2, 0.25) is 0 Å². The maximum atomic E-state index is 2.80. The molecule has 1 aromatic heterocycles. The lowest BCUT2D eigenvalue weighted by Gasteiger charge is -2.48. The lowest BCUT2D eigenvalue weighted by atomic mass is 9.33. The van der Waals surface area contributed by atoms with E-state index in [1.165, 1.54) is 144 Å². The molecule has 2 aliphatic heterocycles. The molecule has 0 spiro atoms. The van der Waals surface area contributed by atoms with Crippen LogP contribution in [0.25, 0.3) is 88.7 Å². The van der Waals surface area contributed by atoms with Crippen molar-refractivity contribution < 1.29 is 0 Å². The van der Waals surface area contributed by atoms with Crippen molar-refractivity contribution in [1.82, 2.24) is 4.57 Å². The van der Waals surface area contributed by atoms with Gasteiger partial charge < -0.3 is 14.4 Å². The second-order valence-electron chi connectivity index (χ2n) is 42.6. The normalized spacial score (nSPS) is 17.2. The van der Waals surface area contributed by atoms with Gasteiger partial charge in [0.25, 0.3) is 6.71 Å². The number of nitrogens with zero attached hydrogens (tertiary/aromatic N) is 3. The summed E-state index contributed by atoms with van der Waals surface area (Å²) >= 11 is 0. The molecule has 598 valence electrons. The predicted molar refractivity (Wildman–Crippen MR) is 518 cm³/mol. The van der Waals surface area contributed by atoms with Crippen molar-refractivity contribution in [2.45, 2.75) is 179 Å². The van der Waals surface area contributed by atoms with Crippen LogP contribution in [0, 0.1) is 28.6 Å². The highest BCUT2D eigenvalue weighted by atomic mass is 15.2. The van der Waals surface area contributed by atoms with E-state index in [-0.39, 0.29) is 56.5 Å². The fourth-order valence-electron chi connectivity index (χ4n) is 20.3. The first kappa shape index (κ1) is 78.4. The van der Waals surface area contributed by atoms with Gasteiger partial charge in [0.05, 0.1) is 22.4 Å². The highest BCUT2D eigenvalue weighted by Gasteiger charge is 2.49. The molecule has 0 radical (unpaired) electrons. The summed E-state index contributed by atoms with van der Waals surface area (Å²) in [7, 11) is 0. The molecule has 4 aliphatic carbocycles. The minimum absolute atomic E-state index is 0.0315. The molecule has 0 saturated carbocycles. The van der Waals surface area contributed by atoms with Crippen molar-refractivity contribution in [3.8, 4) is 61.3 Å². The zero-order valence-corrected chi connectivity index (χ0v) is 74.6. The smallest absolute Gasteiger partial charge is 0.252 e. The molecule has 0 amide bonds. The molecule has 3 unspecified atom stereocenters. The fraction of sp³-hybridized carbons (Fsp3) is 0.276. The molecule has 12 aromatic carbocycles. The molecule has 4 heteroatoms. The van der Waals surface area contributed by atoms with E-state index in [9.17, 15) is 0 Å². The van der Waals surface area contributed by atoms with E-state index in [4.69, 9.17) is 0 Å². The maximum absolute atomic E-state index is 2.80. The van der Waals surface area contributed by atoms with E-state index >= 15 is 0 Å². The number of benzene rings is 12. The third-order valence-corrected chi connectivity index (χ3v) is 27.3. The third kappa shape index (κ3) is 13.4. The second kappa shape index (κ2) is 28.1. The highest BCUT2D eigenvalue weighted by molar-refractivity contribution is 7.00. The van der Waals surface area contributed by atoms with E-state index in [1.807, 2.05) is 0 Å². The van der Waals surface area contributed by atoms with Crippen LogP contribution in [-0.4, -0.2) is 11.3 Å². The summed E-state index contributed by atoms with van der Waals surface area (Å²) < 4.78 is 2.59. The van der Waals surface area contributed by atoms with Crippen LogP contribution in [0.3, 0.4) is 0 Å². The van der Waals surface area contributed by atoms with Gasteiger partial charge in [-0.05, 0) is 240 Å². The van der Waals surface area contributed by atoms with Crippen LogP contribution >= 0.6 is 0 Å². The monoisotopic (exact) mass is 1560 g/mol. The molecule has 0 bridgehead atoms.